The molecule has 6 saturated carbocycles. The molecule has 0 radical (unpaired) electrons. The summed E-state index contributed by atoms with van der Waals surface area (Å²) < 4.78 is 47.0. The minimum atomic E-state index is -2.72. The number of aldehydes is 10. The highest BCUT2D eigenvalue weighted by atomic mass is 79.9. The predicted octanol–water partition coefficient (Wildman–Crippen LogP) is 2.71. The normalized spacial score (nSPS) is 38.1. The van der Waals surface area contributed by atoms with E-state index in [9.17, 15) is 105 Å². The largest absolute Gasteiger partial charge is 0.343 e. The zero-order chi connectivity index (χ0) is 92.2. The highest BCUT2D eigenvalue weighted by Crippen LogP contribution is 2.68. The number of hydrogen-bond acceptors (Lipinski definition) is 28. The lowest BCUT2D eigenvalue weighted by Crippen LogP contribution is -2.38. The first kappa shape index (κ1) is 101. The third-order valence-electron chi connectivity index (χ3n) is 28.1. The zero-order valence-corrected chi connectivity index (χ0v) is 78.3. The second-order valence-corrected chi connectivity index (χ2v) is 48.2. The molecule has 20 fully saturated rings. The molecule has 10 amide bonds. The molecule has 14 heterocycles. The Hall–Kier alpha value is -5.96. The molecule has 20 aliphatic rings. The molecule has 0 aromatic heterocycles. The molecule has 0 bridgehead atoms. The summed E-state index contributed by atoms with van der Waals surface area (Å²) in [5, 5.41) is 0. The van der Waals surface area contributed by atoms with Crippen molar-refractivity contribution in [1.82, 2.24) is 49.0 Å². The van der Waals surface area contributed by atoms with Gasteiger partial charge in [-0.3, -0.25) is 47.9 Å². The van der Waals surface area contributed by atoms with Crippen LogP contribution in [-0.2, 0) is 115 Å². The van der Waals surface area contributed by atoms with Crippen LogP contribution in [0.4, 0.5) is 8.78 Å². The van der Waals surface area contributed by atoms with Crippen LogP contribution >= 0.6 is 102 Å². The molecule has 34 nitrogen and oxygen atoms in total. The van der Waals surface area contributed by atoms with Crippen LogP contribution in [0.15, 0.2) is 0 Å². The molecule has 0 aromatic carbocycles. The Morgan fingerprint density at radius 3 is 1.09 bits per heavy atom. The summed E-state index contributed by atoms with van der Waals surface area (Å²) in [5.41, 5.74) is 0.581. The van der Waals surface area contributed by atoms with Crippen LogP contribution in [0.25, 0.3) is 0 Å². The van der Waals surface area contributed by atoms with Gasteiger partial charge in [0.1, 0.15) is 104 Å². The summed E-state index contributed by atoms with van der Waals surface area (Å²) in [6, 6.07) is -3.32. The standard InChI is InChI=1S/C10H15NO2.2C9H13NO4.C9H13NO2S2.C9H13NO2.C8H11NO2S2.C7H7Br2NO2.C7H7Cl2NO2.C7H7F2NO2.C7H9NO2/c12-6-9-5-10(3-1-2-4-10)7-11(9)8-13;2*1-9(2)13-7-3-10(5-12)6(4-11)8(7)14-9;11-5-8-4-9(6-10(8)7-12)13-2-1-3-14-9;1-9(2)6-3-10(5-12)7(4-11)8(6)9;10-4-7-3-8(5-9(7)6-11)12-1-2-13-8;3*8-7(9)4-1-10(3-12)5(2-11)6(4)7;9-3-7-6-1-5(6)2-8(7)4-10/h6,8-9H,1-5,7H2;2*4-8H,3H2,1-2H3;5,7-8H,1-4,6H2;4-8H,3H2,1-2H3;4,6-7H,1-3,5H2;3*2-6H,1H2;3-7H,1-2H2/t9-;2*6-,7+,8-;8-;6-,7+,8-;7-;3*4-,5+,6-;5-,6-,7+/m0110000000/s1. The van der Waals surface area contributed by atoms with E-state index in [1.165, 1.54) is 46.8 Å². The quantitative estimate of drug-likeness (QED) is 0.125. The van der Waals surface area contributed by atoms with Crippen molar-refractivity contribution in [2.75, 3.05) is 88.5 Å². The van der Waals surface area contributed by atoms with Gasteiger partial charge >= 0.3 is 0 Å². The molecule has 696 valence electrons. The second kappa shape index (κ2) is 41.0. The molecular formula is C82H108Br2Cl2F2N10O24S4. The molecule has 0 aromatic rings. The van der Waals surface area contributed by atoms with Crippen molar-refractivity contribution < 1.29 is 124 Å². The number of rotatable bonds is 20. The summed E-state index contributed by atoms with van der Waals surface area (Å²) >= 11 is 26.3. The summed E-state index contributed by atoms with van der Waals surface area (Å²) in [5.74, 6) is 1.67. The number of carbonyl (C=O) groups is 20. The number of alkyl halides is 6. The molecule has 14 saturated heterocycles. The number of hydrogen-bond donors (Lipinski definition) is 0. The Balaban J connectivity index is 0.000000136. The first-order valence-corrected chi connectivity index (χ1v) is 48.2. The molecule has 44 heteroatoms. The molecular weight excluding hydrogens is 1910 g/mol. The Morgan fingerprint density at radius 2 is 0.698 bits per heavy atom. The minimum Gasteiger partial charge on any atom is -0.343 e. The van der Waals surface area contributed by atoms with Gasteiger partial charge in [0.25, 0.3) is 5.92 Å². The summed E-state index contributed by atoms with van der Waals surface area (Å²) in [6.45, 7) is 17.5. The fourth-order valence-corrected chi connectivity index (χ4v) is 30.5. The molecule has 6 aliphatic carbocycles. The van der Waals surface area contributed by atoms with E-state index in [0.29, 0.717) is 93.1 Å². The molecule has 126 heavy (non-hydrogen) atoms. The first-order valence-electron chi connectivity index (χ1n) is 41.9. The Morgan fingerprint density at radius 1 is 0.349 bits per heavy atom. The lowest BCUT2D eigenvalue weighted by atomic mass is 9.84. The summed E-state index contributed by atoms with van der Waals surface area (Å²) in [6.07, 6.45) is 24.1. The molecule has 20 rings (SSSR count). The van der Waals surface area contributed by atoms with Crippen LogP contribution in [0, 0.1) is 70.0 Å². The minimum absolute atomic E-state index is 0.0184. The highest BCUT2D eigenvalue weighted by molar-refractivity contribution is 9.25. The Labute approximate surface area is 772 Å². The number of amides is 10. The van der Waals surface area contributed by atoms with Gasteiger partial charge in [0, 0.05) is 100 Å². The molecule has 0 unspecified atom stereocenters. The van der Waals surface area contributed by atoms with Gasteiger partial charge in [0.15, 0.2) is 11.6 Å². The SMILES string of the molecule is CC1(C)O[C@H]2[C@H](CN(C=O)[C@@H]2C=O)O1.CC1(C)O[C@H]2[C@H](CN(C=O)[C@@H]2C=O)O1.CC1(C)[C@@H]2[C@@H](C=O)N(C=O)C[C@@H]21.O=C[C@@H]1CC2(CCCC2)CN1C=O.O=C[C@@H]1CC2(CN1C=O)SCCCS2.O=C[C@@H]1CC2(CN1C=O)SCCS2.O=C[C@@H]1[C@@H]2[C@H](CN1C=O)C2(Br)Br.O=C[C@@H]1[C@@H]2[C@H](CN1C=O)C2(Cl)Cl.O=C[C@@H]1[C@@H]2[C@H](CN1C=O)C2(F)F.O=C[C@@H]1[C@H]2C[C@H]2CN1C=O. The van der Waals surface area contributed by atoms with Crippen LogP contribution < -0.4 is 0 Å². The van der Waals surface area contributed by atoms with Crippen LogP contribution in [0.1, 0.15) is 99.3 Å². The first-order chi connectivity index (χ1) is 59.9. The predicted molar refractivity (Wildman–Crippen MR) is 462 cm³/mol. The van der Waals surface area contributed by atoms with E-state index in [1.54, 1.807) is 57.1 Å². The highest BCUT2D eigenvalue weighted by Gasteiger charge is 2.76. The molecule has 3 spiro atoms. The fourth-order valence-electron chi connectivity index (χ4n) is 21.1. The Kier molecular flexibility index (Phi) is 32.8. The topological polar surface area (TPSA) is 411 Å². The van der Waals surface area contributed by atoms with Crippen LogP contribution in [0.2, 0.25) is 0 Å². The van der Waals surface area contributed by atoms with Crippen molar-refractivity contribution in [2.24, 2.45) is 70.0 Å². The van der Waals surface area contributed by atoms with E-state index in [1.807, 2.05) is 47.0 Å². The van der Waals surface area contributed by atoms with Crippen molar-refractivity contribution in [3.8, 4) is 0 Å². The van der Waals surface area contributed by atoms with Gasteiger partial charge in [-0.15, -0.1) is 70.2 Å². The van der Waals surface area contributed by atoms with Gasteiger partial charge < -0.3 is 116 Å². The number of ether oxygens (including phenoxy) is 4. The lowest BCUT2D eigenvalue weighted by Gasteiger charge is -2.31. The van der Waals surface area contributed by atoms with E-state index in [4.69, 9.17) is 42.1 Å². The van der Waals surface area contributed by atoms with Crippen LogP contribution in [0.3, 0.4) is 0 Å². The van der Waals surface area contributed by atoms with Gasteiger partial charge in [-0.05, 0) is 106 Å². The van der Waals surface area contributed by atoms with Crippen molar-refractivity contribution >= 4 is 229 Å². The third-order valence-corrected chi connectivity index (χ3v) is 38.2. The summed E-state index contributed by atoms with van der Waals surface area (Å²) in [4.78, 5) is 227. The van der Waals surface area contributed by atoms with Gasteiger partial charge in [-0.1, -0.05) is 58.5 Å². The van der Waals surface area contributed by atoms with E-state index in [0.717, 1.165) is 181 Å². The molecule has 24 atom stereocenters. The third kappa shape index (κ3) is 20.9. The number of piperidine rings is 5. The van der Waals surface area contributed by atoms with E-state index in [-0.39, 0.29) is 102 Å². The number of halogens is 6. The van der Waals surface area contributed by atoms with Crippen molar-refractivity contribution in [3.63, 3.8) is 0 Å². The van der Waals surface area contributed by atoms with Crippen molar-refractivity contribution in [3.05, 3.63) is 0 Å². The maximum atomic E-state index is 12.7. The number of thioether (sulfide) groups is 4. The van der Waals surface area contributed by atoms with E-state index in [2.05, 4.69) is 45.7 Å². The van der Waals surface area contributed by atoms with E-state index < -0.39 is 57.8 Å². The Bertz CT molecular complexity index is 3680. The molecule has 0 N–H and O–H groups in total. The maximum Gasteiger partial charge on any atom is 0.258 e. The average molecular weight is 2010 g/mol. The van der Waals surface area contributed by atoms with Crippen molar-refractivity contribution in [2.45, 2.75) is 217 Å². The molecule has 14 aliphatic heterocycles. The monoisotopic (exact) mass is 2010 g/mol. The maximum absolute atomic E-state index is 12.7. The average Bonchev–Trinajstić information content (AvgIpc) is 1.55. The number of nitrogens with zero attached hydrogens (tertiary/aromatic N) is 10. The van der Waals surface area contributed by atoms with Gasteiger partial charge in [0.2, 0.25) is 64.1 Å². The van der Waals surface area contributed by atoms with Crippen molar-refractivity contribution in [1.29, 1.82) is 0 Å². The smallest absolute Gasteiger partial charge is 0.258 e. The zero-order valence-electron chi connectivity index (χ0n) is 70.3. The lowest BCUT2D eigenvalue weighted by molar-refractivity contribution is -0.164. The summed E-state index contributed by atoms with van der Waals surface area (Å²) in [7, 11) is 0. The number of carbonyl (C=O) groups excluding carboxylic acids is 20. The number of fused-ring (bicyclic) bond motifs is 7. The van der Waals surface area contributed by atoms with Gasteiger partial charge in [-0.2, -0.15) is 0 Å². The fraction of sp³-hybridized carbons (Fsp3) is 0.756. The van der Waals surface area contributed by atoms with Gasteiger partial charge in [-0.25, -0.2) is 8.78 Å². The van der Waals surface area contributed by atoms with Crippen LogP contribution in [-0.4, -0.2) is 382 Å². The number of likely N-dealkylation sites (tertiary alicyclic amines) is 10. The van der Waals surface area contributed by atoms with Gasteiger partial charge in [0.05, 0.1) is 84.7 Å². The van der Waals surface area contributed by atoms with Crippen LogP contribution in [0.5, 0.6) is 0 Å². The second-order valence-electron chi connectivity index (χ2n) is 36.6. The van der Waals surface area contributed by atoms with E-state index >= 15 is 0 Å².